The molecule has 1 rings (SSSR count). The summed E-state index contributed by atoms with van der Waals surface area (Å²) in [6.45, 7) is 2.18. The molecule has 1 saturated carbocycles. The molecule has 7 heteroatoms. The van der Waals surface area contributed by atoms with Gasteiger partial charge in [-0.15, -0.1) is 0 Å². The molecule has 20 heavy (non-hydrogen) atoms. The molecule has 0 aromatic rings. The molecule has 1 atom stereocenters. The van der Waals surface area contributed by atoms with Crippen LogP contribution in [0, 0.1) is 0 Å². The number of carbonyl (C=O) groups is 2. The van der Waals surface area contributed by atoms with E-state index < -0.39 is 22.3 Å². The molecule has 3 N–H and O–H groups in total. The Kier molecular flexibility index (Phi) is 6.98. The Morgan fingerprint density at radius 1 is 1.25 bits per heavy atom. The minimum Gasteiger partial charge on any atom is -0.481 e. The van der Waals surface area contributed by atoms with Crippen LogP contribution in [0.25, 0.3) is 0 Å². The molecule has 116 valence electrons. The van der Waals surface area contributed by atoms with Crippen LogP contribution >= 0.6 is 0 Å². The largest absolute Gasteiger partial charge is 0.481 e. The third-order valence-corrected chi connectivity index (χ3v) is 4.92. The standard InChI is InChI=1S/C13H24N2O4S/c1-2-20(19)9-8-14-12(18)15-13(10-11(16)17)6-4-3-5-7-13/h2-10H2,1H3,(H,16,17)(H2,14,15,18). The van der Waals surface area contributed by atoms with E-state index in [4.69, 9.17) is 5.11 Å². The summed E-state index contributed by atoms with van der Waals surface area (Å²) in [5, 5.41) is 14.5. The van der Waals surface area contributed by atoms with E-state index in [1.165, 1.54) is 0 Å². The minimum absolute atomic E-state index is 0.0404. The van der Waals surface area contributed by atoms with Crippen LogP contribution < -0.4 is 10.6 Å². The molecule has 1 unspecified atom stereocenters. The molecule has 0 aromatic carbocycles. The maximum atomic E-state index is 11.9. The molecule has 2 amide bonds. The molecule has 1 fully saturated rings. The lowest BCUT2D eigenvalue weighted by molar-refractivity contribution is -0.139. The number of urea groups is 1. The quantitative estimate of drug-likeness (QED) is 0.659. The summed E-state index contributed by atoms with van der Waals surface area (Å²) in [6, 6.07) is -0.360. The van der Waals surface area contributed by atoms with Crippen LogP contribution in [0.15, 0.2) is 0 Å². The predicted molar refractivity (Wildman–Crippen MR) is 78.2 cm³/mol. The van der Waals surface area contributed by atoms with Gasteiger partial charge in [-0.25, -0.2) is 4.79 Å². The Morgan fingerprint density at radius 2 is 1.90 bits per heavy atom. The molecule has 0 radical (unpaired) electrons. The van der Waals surface area contributed by atoms with Gasteiger partial charge >= 0.3 is 12.0 Å². The average molecular weight is 304 g/mol. The second-order valence-corrected chi connectivity index (χ2v) is 7.09. The maximum absolute atomic E-state index is 11.9. The highest BCUT2D eigenvalue weighted by Gasteiger charge is 2.35. The number of rotatable bonds is 7. The Bertz CT molecular complexity index is 367. The molecule has 0 aromatic heterocycles. The zero-order chi connectivity index (χ0) is 15.0. The highest BCUT2D eigenvalue weighted by atomic mass is 32.2. The molecule has 0 heterocycles. The van der Waals surface area contributed by atoms with Crippen molar-refractivity contribution in [2.75, 3.05) is 18.1 Å². The number of carboxylic acids is 1. The van der Waals surface area contributed by atoms with Gasteiger partial charge in [-0.1, -0.05) is 26.2 Å². The summed E-state index contributed by atoms with van der Waals surface area (Å²) in [6.07, 6.45) is 4.32. The van der Waals surface area contributed by atoms with E-state index in [0.29, 0.717) is 30.9 Å². The van der Waals surface area contributed by atoms with Gasteiger partial charge in [-0.2, -0.15) is 0 Å². The van der Waals surface area contributed by atoms with Gasteiger partial charge in [0.05, 0.1) is 12.0 Å². The van der Waals surface area contributed by atoms with E-state index >= 15 is 0 Å². The molecule has 6 nitrogen and oxygen atoms in total. The van der Waals surface area contributed by atoms with Crippen molar-refractivity contribution in [3.8, 4) is 0 Å². The smallest absolute Gasteiger partial charge is 0.315 e. The number of aliphatic carboxylic acids is 1. The van der Waals surface area contributed by atoms with Gasteiger partial charge in [0.1, 0.15) is 0 Å². The van der Waals surface area contributed by atoms with Crippen molar-refractivity contribution in [2.24, 2.45) is 0 Å². The second kappa shape index (κ2) is 8.24. The normalized spacial score (nSPS) is 19.1. The van der Waals surface area contributed by atoms with Crippen LogP contribution in [0.2, 0.25) is 0 Å². The van der Waals surface area contributed by atoms with E-state index in [1.807, 2.05) is 6.92 Å². The lowest BCUT2D eigenvalue weighted by Crippen LogP contribution is -2.54. The first-order valence-electron chi connectivity index (χ1n) is 7.10. The van der Waals surface area contributed by atoms with Gasteiger partial charge in [-0.05, 0) is 12.8 Å². The average Bonchev–Trinajstić information content (AvgIpc) is 2.38. The SMILES string of the molecule is CCS(=O)CCNC(=O)NC1(CC(=O)O)CCCCC1. The van der Waals surface area contributed by atoms with Gasteiger partial charge in [0.15, 0.2) is 0 Å². The molecule has 0 aliphatic heterocycles. The maximum Gasteiger partial charge on any atom is 0.315 e. The second-order valence-electron chi connectivity index (χ2n) is 5.23. The lowest BCUT2D eigenvalue weighted by atomic mass is 9.79. The summed E-state index contributed by atoms with van der Waals surface area (Å²) < 4.78 is 11.3. The highest BCUT2D eigenvalue weighted by Crippen LogP contribution is 2.31. The van der Waals surface area contributed by atoms with Gasteiger partial charge in [0.25, 0.3) is 0 Å². The summed E-state index contributed by atoms with van der Waals surface area (Å²) in [7, 11) is -0.906. The van der Waals surface area contributed by atoms with E-state index in [1.54, 1.807) is 0 Å². The Labute approximate surface area is 122 Å². The van der Waals surface area contributed by atoms with Crippen LogP contribution in [0.4, 0.5) is 4.79 Å². The fourth-order valence-electron chi connectivity index (χ4n) is 2.57. The zero-order valence-corrected chi connectivity index (χ0v) is 12.8. The van der Waals surface area contributed by atoms with Crippen LogP contribution in [0.3, 0.4) is 0 Å². The van der Waals surface area contributed by atoms with E-state index in [2.05, 4.69) is 10.6 Å². The molecule has 0 saturated heterocycles. The number of carbonyl (C=O) groups excluding carboxylic acids is 1. The van der Waals surface area contributed by atoms with Crippen molar-refractivity contribution in [3.05, 3.63) is 0 Å². The van der Waals surface area contributed by atoms with E-state index in [0.717, 1.165) is 19.3 Å². The number of nitrogens with one attached hydrogen (secondary N) is 2. The Hall–Kier alpha value is -1.11. The molecule has 0 bridgehead atoms. The van der Waals surface area contributed by atoms with E-state index in [9.17, 15) is 13.8 Å². The summed E-state index contributed by atoms with van der Waals surface area (Å²) in [5.74, 6) is 0.113. The molecular weight excluding hydrogens is 280 g/mol. The summed E-state index contributed by atoms with van der Waals surface area (Å²) >= 11 is 0. The van der Waals surface area contributed by atoms with Crippen molar-refractivity contribution in [3.63, 3.8) is 0 Å². The van der Waals surface area contributed by atoms with Gasteiger partial charge < -0.3 is 15.7 Å². The summed E-state index contributed by atoms with van der Waals surface area (Å²) in [4.78, 5) is 22.8. The monoisotopic (exact) mass is 304 g/mol. The number of hydrogen-bond acceptors (Lipinski definition) is 3. The first-order chi connectivity index (χ1) is 9.47. The van der Waals surface area contributed by atoms with Gasteiger partial charge in [0, 0.05) is 28.9 Å². The molecule has 1 aliphatic carbocycles. The van der Waals surface area contributed by atoms with E-state index in [-0.39, 0.29) is 12.5 Å². The molecule has 1 aliphatic rings. The van der Waals surface area contributed by atoms with Crippen molar-refractivity contribution >= 4 is 22.8 Å². The van der Waals surface area contributed by atoms with Gasteiger partial charge in [0.2, 0.25) is 0 Å². The summed E-state index contributed by atoms with van der Waals surface area (Å²) in [5.41, 5.74) is -0.627. The van der Waals surface area contributed by atoms with Crippen LogP contribution in [0.5, 0.6) is 0 Å². The van der Waals surface area contributed by atoms with Crippen molar-refractivity contribution in [2.45, 2.75) is 51.0 Å². The fraction of sp³-hybridized carbons (Fsp3) is 0.846. The van der Waals surface area contributed by atoms with Crippen molar-refractivity contribution in [1.29, 1.82) is 0 Å². The first kappa shape index (κ1) is 16.9. The third-order valence-electron chi connectivity index (χ3n) is 3.62. The minimum atomic E-state index is -0.906. The molecule has 0 spiro atoms. The zero-order valence-electron chi connectivity index (χ0n) is 11.9. The van der Waals surface area contributed by atoms with Crippen LogP contribution in [-0.2, 0) is 15.6 Å². The molecular formula is C13H24N2O4S. The number of amides is 2. The van der Waals surface area contributed by atoms with Crippen LogP contribution in [0.1, 0.15) is 45.4 Å². The number of carboxylic acid groups (broad SMARTS) is 1. The van der Waals surface area contributed by atoms with Crippen molar-refractivity contribution in [1.82, 2.24) is 10.6 Å². The van der Waals surface area contributed by atoms with Crippen LogP contribution in [-0.4, -0.2) is 44.9 Å². The highest BCUT2D eigenvalue weighted by molar-refractivity contribution is 7.84. The number of hydrogen-bond donors (Lipinski definition) is 3. The Balaban J connectivity index is 2.45. The van der Waals surface area contributed by atoms with Gasteiger partial charge in [-0.3, -0.25) is 9.00 Å². The Morgan fingerprint density at radius 3 is 2.45 bits per heavy atom. The third kappa shape index (κ3) is 5.90. The van der Waals surface area contributed by atoms with Crippen molar-refractivity contribution < 1.29 is 18.9 Å². The fourth-order valence-corrected chi connectivity index (χ4v) is 3.19. The topological polar surface area (TPSA) is 95.5 Å². The first-order valence-corrected chi connectivity index (χ1v) is 8.59. The lowest BCUT2D eigenvalue weighted by Gasteiger charge is -2.36. The predicted octanol–water partition coefficient (Wildman–Crippen LogP) is 1.23.